The van der Waals surface area contributed by atoms with Crippen LogP contribution in [0.5, 0.6) is 11.5 Å². The van der Waals surface area contributed by atoms with Gasteiger partial charge in [-0.25, -0.2) is 4.39 Å². The Morgan fingerprint density at radius 3 is 2.60 bits per heavy atom. The average Bonchev–Trinajstić information content (AvgIpc) is 3.10. The van der Waals surface area contributed by atoms with Gasteiger partial charge in [0.25, 0.3) is 5.91 Å². The molecule has 0 bridgehead atoms. The molecular formula is C19H19ClFNO3. The number of benzene rings is 2. The third-order valence-electron chi connectivity index (χ3n) is 4.47. The second-order valence-corrected chi connectivity index (χ2v) is 6.33. The highest BCUT2D eigenvalue weighted by molar-refractivity contribution is 6.30. The molecule has 6 heteroatoms. The molecule has 1 heterocycles. The summed E-state index contributed by atoms with van der Waals surface area (Å²) in [5, 5.41) is 0.270. The molecule has 1 aliphatic rings. The van der Waals surface area contributed by atoms with Crippen molar-refractivity contribution < 1.29 is 18.7 Å². The van der Waals surface area contributed by atoms with Gasteiger partial charge in [-0.05, 0) is 48.7 Å². The zero-order valence-corrected chi connectivity index (χ0v) is 14.8. The number of ether oxygens (including phenoxy) is 2. The van der Waals surface area contributed by atoms with Gasteiger partial charge in [-0.15, -0.1) is 0 Å². The maximum Gasteiger partial charge on any atom is 0.257 e. The van der Waals surface area contributed by atoms with Crippen LogP contribution in [0.25, 0.3) is 0 Å². The molecule has 0 unspecified atom stereocenters. The van der Waals surface area contributed by atoms with Gasteiger partial charge in [-0.3, -0.25) is 4.79 Å². The Morgan fingerprint density at radius 1 is 1.16 bits per heavy atom. The summed E-state index contributed by atoms with van der Waals surface area (Å²) in [7, 11) is 3.15. The van der Waals surface area contributed by atoms with Crippen molar-refractivity contribution in [1.29, 1.82) is 0 Å². The molecule has 1 aliphatic heterocycles. The number of likely N-dealkylation sites (tertiary alicyclic amines) is 1. The fraction of sp³-hybridized carbons (Fsp3) is 0.316. The van der Waals surface area contributed by atoms with Crippen molar-refractivity contribution in [3.63, 3.8) is 0 Å². The molecule has 25 heavy (non-hydrogen) atoms. The summed E-state index contributed by atoms with van der Waals surface area (Å²) < 4.78 is 24.7. The van der Waals surface area contributed by atoms with Crippen molar-refractivity contribution in [2.24, 2.45) is 0 Å². The van der Waals surface area contributed by atoms with Crippen molar-refractivity contribution >= 4 is 17.5 Å². The van der Waals surface area contributed by atoms with E-state index in [2.05, 4.69) is 0 Å². The van der Waals surface area contributed by atoms with Crippen LogP contribution in [0.3, 0.4) is 0 Å². The van der Waals surface area contributed by atoms with Crippen LogP contribution in [-0.2, 0) is 0 Å². The van der Waals surface area contributed by atoms with E-state index in [0.717, 1.165) is 24.5 Å². The standard InChI is InChI=1S/C19H19ClFNO3/c1-24-17-8-5-12(10-18(17)25-2)16-4-3-9-22(16)19(23)14-7-6-13(20)11-15(14)21/h5-8,10-11,16H,3-4,9H2,1-2H3/t16-/m1/s1. The zero-order chi connectivity index (χ0) is 18.0. The molecule has 3 rings (SSSR count). The van der Waals surface area contributed by atoms with Gasteiger partial charge in [0.2, 0.25) is 0 Å². The number of rotatable bonds is 4. The Balaban J connectivity index is 1.91. The number of halogens is 2. The molecule has 0 saturated carbocycles. The van der Waals surface area contributed by atoms with Crippen LogP contribution in [0.4, 0.5) is 4.39 Å². The van der Waals surface area contributed by atoms with Crippen molar-refractivity contribution in [2.45, 2.75) is 18.9 Å². The fourth-order valence-corrected chi connectivity index (χ4v) is 3.39. The van der Waals surface area contributed by atoms with Crippen LogP contribution in [0.2, 0.25) is 5.02 Å². The normalized spacial score (nSPS) is 16.8. The van der Waals surface area contributed by atoms with Crippen LogP contribution in [-0.4, -0.2) is 31.6 Å². The van der Waals surface area contributed by atoms with Crippen LogP contribution in [0.1, 0.15) is 34.8 Å². The molecule has 2 aromatic rings. The van der Waals surface area contributed by atoms with E-state index in [9.17, 15) is 9.18 Å². The van der Waals surface area contributed by atoms with Gasteiger partial charge in [-0.1, -0.05) is 17.7 Å². The lowest BCUT2D eigenvalue weighted by atomic mass is 10.0. The first-order valence-corrected chi connectivity index (χ1v) is 8.41. The molecule has 0 N–H and O–H groups in total. The van der Waals surface area contributed by atoms with Crippen LogP contribution < -0.4 is 9.47 Å². The van der Waals surface area contributed by atoms with Gasteiger partial charge in [-0.2, -0.15) is 0 Å². The number of methoxy groups -OCH3 is 2. The maximum atomic E-state index is 14.1. The van der Waals surface area contributed by atoms with Crippen molar-refractivity contribution in [3.8, 4) is 11.5 Å². The van der Waals surface area contributed by atoms with Gasteiger partial charge in [0, 0.05) is 11.6 Å². The fourth-order valence-electron chi connectivity index (χ4n) is 3.23. The first-order valence-electron chi connectivity index (χ1n) is 8.03. The number of carbonyl (C=O) groups excluding carboxylic acids is 1. The minimum atomic E-state index is -0.601. The number of hydrogen-bond acceptors (Lipinski definition) is 3. The van der Waals surface area contributed by atoms with Crippen LogP contribution in [0.15, 0.2) is 36.4 Å². The summed E-state index contributed by atoms with van der Waals surface area (Å²) in [5.74, 6) is 0.310. The maximum absolute atomic E-state index is 14.1. The molecule has 1 amide bonds. The summed E-state index contributed by atoms with van der Waals surface area (Å²) in [6.07, 6.45) is 1.68. The molecular weight excluding hydrogens is 345 g/mol. The van der Waals surface area contributed by atoms with Gasteiger partial charge < -0.3 is 14.4 Å². The minimum Gasteiger partial charge on any atom is -0.493 e. The Bertz CT molecular complexity index is 796. The lowest BCUT2D eigenvalue weighted by Crippen LogP contribution is -2.31. The summed E-state index contributed by atoms with van der Waals surface area (Å²) in [6, 6.07) is 9.60. The highest BCUT2D eigenvalue weighted by Crippen LogP contribution is 2.37. The lowest BCUT2D eigenvalue weighted by molar-refractivity contribution is 0.0730. The molecule has 0 aliphatic carbocycles. The molecule has 4 nitrogen and oxygen atoms in total. The van der Waals surface area contributed by atoms with Crippen LogP contribution >= 0.6 is 11.6 Å². The van der Waals surface area contributed by atoms with Gasteiger partial charge in [0.05, 0.1) is 25.8 Å². The van der Waals surface area contributed by atoms with E-state index in [0.29, 0.717) is 18.0 Å². The van der Waals surface area contributed by atoms with Crippen molar-refractivity contribution in [1.82, 2.24) is 4.90 Å². The Labute approximate surface area is 151 Å². The third-order valence-corrected chi connectivity index (χ3v) is 4.70. The summed E-state index contributed by atoms with van der Waals surface area (Å²) >= 11 is 5.78. The molecule has 1 atom stereocenters. The highest BCUT2D eigenvalue weighted by Gasteiger charge is 2.32. The highest BCUT2D eigenvalue weighted by atomic mass is 35.5. The summed E-state index contributed by atoms with van der Waals surface area (Å²) in [4.78, 5) is 14.5. The number of carbonyl (C=O) groups is 1. The topological polar surface area (TPSA) is 38.8 Å². The van der Waals surface area contributed by atoms with E-state index in [1.54, 1.807) is 19.1 Å². The molecule has 132 valence electrons. The van der Waals surface area contributed by atoms with E-state index in [1.807, 2.05) is 18.2 Å². The number of amides is 1. The number of nitrogens with zero attached hydrogens (tertiary/aromatic N) is 1. The van der Waals surface area contributed by atoms with Crippen molar-refractivity contribution in [3.05, 3.63) is 58.4 Å². The molecule has 1 saturated heterocycles. The summed E-state index contributed by atoms with van der Waals surface area (Å²) in [5.41, 5.74) is 0.981. The van der Waals surface area contributed by atoms with E-state index >= 15 is 0 Å². The predicted octanol–water partition coefficient (Wildman–Crippen LogP) is 4.47. The largest absolute Gasteiger partial charge is 0.493 e. The van der Waals surface area contributed by atoms with E-state index in [4.69, 9.17) is 21.1 Å². The molecule has 1 fully saturated rings. The van der Waals surface area contributed by atoms with E-state index < -0.39 is 5.82 Å². The Hall–Kier alpha value is -2.27. The third kappa shape index (κ3) is 3.42. The first kappa shape index (κ1) is 17.5. The van der Waals surface area contributed by atoms with Gasteiger partial charge in [0.1, 0.15) is 5.82 Å². The smallest absolute Gasteiger partial charge is 0.257 e. The van der Waals surface area contributed by atoms with Crippen LogP contribution in [0, 0.1) is 5.82 Å². The van der Waals surface area contributed by atoms with E-state index in [-0.39, 0.29) is 22.5 Å². The average molecular weight is 364 g/mol. The van der Waals surface area contributed by atoms with Gasteiger partial charge >= 0.3 is 0 Å². The first-order chi connectivity index (χ1) is 12.0. The lowest BCUT2D eigenvalue weighted by Gasteiger charge is -2.26. The van der Waals surface area contributed by atoms with Crippen molar-refractivity contribution in [2.75, 3.05) is 20.8 Å². The molecule has 0 spiro atoms. The second kappa shape index (κ2) is 7.31. The second-order valence-electron chi connectivity index (χ2n) is 5.90. The zero-order valence-electron chi connectivity index (χ0n) is 14.1. The Kier molecular flexibility index (Phi) is 5.13. The molecule has 0 radical (unpaired) electrons. The summed E-state index contributed by atoms with van der Waals surface area (Å²) in [6.45, 7) is 0.583. The monoisotopic (exact) mass is 363 g/mol. The van der Waals surface area contributed by atoms with E-state index in [1.165, 1.54) is 12.1 Å². The predicted molar refractivity (Wildman–Crippen MR) is 94.0 cm³/mol. The molecule has 0 aromatic heterocycles. The Morgan fingerprint density at radius 2 is 1.92 bits per heavy atom. The molecule has 2 aromatic carbocycles. The SMILES string of the molecule is COc1ccc([C@H]2CCCN2C(=O)c2ccc(Cl)cc2F)cc1OC. The number of hydrogen-bond donors (Lipinski definition) is 0. The minimum absolute atomic E-state index is 0.0387. The van der Waals surface area contributed by atoms with Gasteiger partial charge in [0.15, 0.2) is 11.5 Å². The quantitative estimate of drug-likeness (QED) is 0.804.